The van der Waals surface area contributed by atoms with Crippen LogP contribution in [-0.2, 0) is 25.3 Å². The molecule has 25 heavy (non-hydrogen) atoms. The van der Waals surface area contributed by atoms with Crippen molar-refractivity contribution in [3.05, 3.63) is 18.0 Å². The van der Waals surface area contributed by atoms with E-state index in [2.05, 4.69) is 24.7 Å². The predicted octanol–water partition coefficient (Wildman–Crippen LogP) is -0.739. The monoisotopic (exact) mass is 373 g/mol. The Morgan fingerprint density at radius 2 is 2.12 bits per heavy atom. The third-order valence-electron chi connectivity index (χ3n) is 3.80. The molecule has 1 N–H and O–H groups in total. The normalized spacial score (nSPS) is 16.7. The Hall–Kier alpha value is -2.14. The second kappa shape index (κ2) is 8.81. The van der Waals surface area contributed by atoms with E-state index in [0.29, 0.717) is 44.4 Å². The molecule has 1 aromatic heterocycles. The summed E-state index contributed by atoms with van der Waals surface area (Å²) in [4.78, 5) is 17.3. The SMILES string of the molecule is CN=C(NCCC(=O)OC)N1CCN(S(=O)(=O)Cc2ccon2)CC1. The van der Waals surface area contributed by atoms with E-state index in [9.17, 15) is 13.2 Å². The number of sulfonamides is 1. The number of ether oxygens (including phenoxy) is 1. The number of rotatable bonds is 6. The Morgan fingerprint density at radius 1 is 1.40 bits per heavy atom. The highest BCUT2D eigenvalue weighted by Gasteiger charge is 2.28. The smallest absolute Gasteiger partial charge is 0.307 e. The molecule has 1 fully saturated rings. The topological polar surface area (TPSA) is 117 Å². The van der Waals surface area contributed by atoms with Gasteiger partial charge in [-0.3, -0.25) is 9.79 Å². The minimum Gasteiger partial charge on any atom is -0.469 e. The summed E-state index contributed by atoms with van der Waals surface area (Å²) in [5.74, 6) is 0.166. The molecule has 1 aliphatic heterocycles. The number of piperazine rings is 1. The Labute approximate surface area is 146 Å². The molecular weight excluding hydrogens is 350 g/mol. The third kappa shape index (κ3) is 5.43. The highest BCUT2D eigenvalue weighted by atomic mass is 32.2. The molecule has 0 bridgehead atoms. The fraction of sp³-hybridized carbons (Fsp3) is 0.643. The molecule has 0 saturated carbocycles. The standard InChI is InChI=1S/C14H23N5O5S/c1-15-14(16-5-3-13(20)23-2)18-6-8-19(9-7-18)25(21,22)11-12-4-10-24-17-12/h4,10H,3,5-9,11H2,1-2H3,(H,15,16). The van der Waals surface area contributed by atoms with Gasteiger partial charge in [0.15, 0.2) is 5.96 Å². The Morgan fingerprint density at radius 3 is 2.68 bits per heavy atom. The molecule has 2 heterocycles. The average molecular weight is 373 g/mol. The van der Waals surface area contributed by atoms with Crippen LogP contribution in [0, 0.1) is 0 Å². The van der Waals surface area contributed by atoms with Crippen LogP contribution in [0.1, 0.15) is 12.1 Å². The Balaban J connectivity index is 1.84. The summed E-state index contributed by atoms with van der Waals surface area (Å²) < 4.78 is 35.5. The van der Waals surface area contributed by atoms with Gasteiger partial charge in [-0.15, -0.1) is 0 Å². The van der Waals surface area contributed by atoms with E-state index < -0.39 is 10.0 Å². The molecule has 0 radical (unpaired) electrons. The summed E-state index contributed by atoms with van der Waals surface area (Å²) in [7, 11) is -0.441. The molecule has 0 aromatic carbocycles. The zero-order valence-corrected chi connectivity index (χ0v) is 15.2. The van der Waals surface area contributed by atoms with Gasteiger partial charge in [0.05, 0.1) is 19.2 Å². The van der Waals surface area contributed by atoms with Gasteiger partial charge in [0.2, 0.25) is 10.0 Å². The van der Waals surface area contributed by atoms with E-state index in [1.165, 1.54) is 17.7 Å². The zero-order valence-electron chi connectivity index (χ0n) is 14.3. The number of aromatic nitrogens is 1. The van der Waals surface area contributed by atoms with Crippen molar-refractivity contribution in [3.8, 4) is 0 Å². The van der Waals surface area contributed by atoms with Gasteiger partial charge in [-0.25, -0.2) is 8.42 Å². The summed E-state index contributed by atoms with van der Waals surface area (Å²) in [6.07, 6.45) is 1.59. The van der Waals surface area contributed by atoms with Crippen molar-refractivity contribution >= 4 is 22.0 Å². The molecule has 0 aliphatic carbocycles. The molecule has 0 atom stereocenters. The van der Waals surface area contributed by atoms with E-state index in [4.69, 9.17) is 0 Å². The quantitative estimate of drug-likeness (QED) is 0.394. The minimum atomic E-state index is -3.43. The van der Waals surface area contributed by atoms with E-state index in [1.54, 1.807) is 13.1 Å². The Kier molecular flexibility index (Phi) is 6.76. The molecule has 0 amide bonds. The van der Waals surface area contributed by atoms with Gasteiger partial charge in [-0.2, -0.15) is 4.31 Å². The molecular formula is C14H23N5O5S. The number of methoxy groups -OCH3 is 1. The van der Waals surface area contributed by atoms with Crippen molar-refractivity contribution in [2.75, 3.05) is 46.9 Å². The first kappa shape index (κ1) is 19.2. The van der Waals surface area contributed by atoms with Crippen LogP contribution in [0.5, 0.6) is 0 Å². The highest BCUT2D eigenvalue weighted by molar-refractivity contribution is 7.88. The fourth-order valence-corrected chi connectivity index (χ4v) is 3.90. The van der Waals surface area contributed by atoms with Crippen molar-refractivity contribution in [1.82, 2.24) is 19.7 Å². The second-order valence-electron chi connectivity index (χ2n) is 5.43. The molecule has 11 heteroatoms. The number of nitrogens with zero attached hydrogens (tertiary/aromatic N) is 4. The average Bonchev–Trinajstić information content (AvgIpc) is 3.11. The molecule has 1 aliphatic rings. The molecule has 1 aromatic rings. The molecule has 140 valence electrons. The number of carbonyl (C=O) groups excluding carboxylic acids is 1. The van der Waals surface area contributed by atoms with Gasteiger partial charge in [0.25, 0.3) is 0 Å². The highest BCUT2D eigenvalue weighted by Crippen LogP contribution is 2.12. The first-order valence-corrected chi connectivity index (χ1v) is 9.46. The molecule has 2 rings (SSSR count). The maximum absolute atomic E-state index is 12.4. The van der Waals surface area contributed by atoms with E-state index >= 15 is 0 Å². The van der Waals surface area contributed by atoms with Crippen molar-refractivity contribution in [2.24, 2.45) is 4.99 Å². The van der Waals surface area contributed by atoms with E-state index in [1.807, 2.05) is 4.90 Å². The summed E-state index contributed by atoms with van der Waals surface area (Å²) in [5.41, 5.74) is 0.391. The fourth-order valence-electron chi connectivity index (χ4n) is 2.48. The second-order valence-corrected chi connectivity index (χ2v) is 7.40. The van der Waals surface area contributed by atoms with Gasteiger partial charge >= 0.3 is 5.97 Å². The summed E-state index contributed by atoms with van der Waals surface area (Å²) in [6.45, 7) is 2.14. The number of nitrogens with one attached hydrogen (secondary N) is 1. The van der Waals surface area contributed by atoms with Crippen LogP contribution < -0.4 is 5.32 Å². The molecule has 10 nitrogen and oxygen atoms in total. The summed E-state index contributed by atoms with van der Waals surface area (Å²) >= 11 is 0. The lowest BCUT2D eigenvalue weighted by molar-refractivity contribution is -0.140. The van der Waals surface area contributed by atoms with E-state index in [0.717, 1.165) is 0 Å². The largest absolute Gasteiger partial charge is 0.469 e. The van der Waals surface area contributed by atoms with Gasteiger partial charge in [-0.05, 0) is 0 Å². The van der Waals surface area contributed by atoms with Crippen LogP contribution in [0.15, 0.2) is 21.8 Å². The van der Waals surface area contributed by atoms with Crippen LogP contribution >= 0.6 is 0 Å². The van der Waals surface area contributed by atoms with Crippen LogP contribution in [0.2, 0.25) is 0 Å². The summed E-state index contributed by atoms with van der Waals surface area (Å²) in [5, 5.41) is 6.73. The van der Waals surface area contributed by atoms with Gasteiger partial charge in [0.1, 0.15) is 12.0 Å². The Bertz CT molecular complexity index is 680. The van der Waals surface area contributed by atoms with Crippen LogP contribution in [-0.4, -0.2) is 81.6 Å². The van der Waals surface area contributed by atoms with Crippen molar-refractivity contribution in [2.45, 2.75) is 12.2 Å². The molecule has 0 unspecified atom stereocenters. The molecule has 1 saturated heterocycles. The number of aliphatic imine (C=N–C) groups is 1. The van der Waals surface area contributed by atoms with Gasteiger partial charge in [0, 0.05) is 45.8 Å². The van der Waals surface area contributed by atoms with Gasteiger partial charge < -0.3 is 19.5 Å². The lowest BCUT2D eigenvalue weighted by Gasteiger charge is -2.35. The first-order valence-electron chi connectivity index (χ1n) is 7.85. The van der Waals surface area contributed by atoms with Crippen LogP contribution in [0.25, 0.3) is 0 Å². The number of esters is 1. The summed E-state index contributed by atoms with van der Waals surface area (Å²) in [6, 6.07) is 1.54. The minimum absolute atomic E-state index is 0.171. The van der Waals surface area contributed by atoms with E-state index in [-0.39, 0.29) is 18.1 Å². The zero-order chi connectivity index (χ0) is 18.3. The van der Waals surface area contributed by atoms with Crippen molar-refractivity contribution in [3.63, 3.8) is 0 Å². The number of carbonyl (C=O) groups is 1. The van der Waals surface area contributed by atoms with Crippen molar-refractivity contribution < 1.29 is 22.5 Å². The maximum Gasteiger partial charge on any atom is 0.307 e. The van der Waals surface area contributed by atoms with Crippen LogP contribution in [0.3, 0.4) is 0 Å². The lowest BCUT2D eigenvalue weighted by Crippen LogP contribution is -2.54. The maximum atomic E-state index is 12.4. The lowest BCUT2D eigenvalue weighted by atomic mass is 10.4. The number of hydrogen-bond donors (Lipinski definition) is 1. The van der Waals surface area contributed by atoms with Gasteiger partial charge in [-0.1, -0.05) is 5.16 Å². The third-order valence-corrected chi connectivity index (χ3v) is 5.62. The predicted molar refractivity (Wildman–Crippen MR) is 90.3 cm³/mol. The molecule has 0 spiro atoms. The van der Waals surface area contributed by atoms with Crippen molar-refractivity contribution in [1.29, 1.82) is 0 Å². The number of guanidine groups is 1. The number of hydrogen-bond acceptors (Lipinski definition) is 7. The first-order chi connectivity index (χ1) is 12.0. The van der Waals surface area contributed by atoms with Crippen LogP contribution in [0.4, 0.5) is 0 Å².